The number of carbonyl (C=O) groups excluding carboxylic acids is 1. The first kappa shape index (κ1) is 21.0. The molecule has 0 aromatic heterocycles. The maximum Gasteiger partial charge on any atom is 0.258 e. The smallest absolute Gasteiger partial charge is 0.258 e. The zero-order valence-corrected chi connectivity index (χ0v) is 18.3. The van der Waals surface area contributed by atoms with Gasteiger partial charge in [-0.05, 0) is 49.9 Å². The van der Waals surface area contributed by atoms with E-state index in [-0.39, 0.29) is 18.1 Å². The van der Waals surface area contributed by atoms with Crippen LogP contribution in [0.1, 0.15) is 54.3 Å². The molecule has 0 saturated carbocycles. The molecule has 4 nitrogen and oxygen atoms in total. The van der Waals surface area contributed by atoms with E-state index in [2.05, 4.69) is 49.5 Å². The molecule has 160 valence electrons. The molecule has 0 saturated heterocycles. The van der Waals surface area contributed by atoms with E-state index < -0.39 is 0 Å². The van der Waals surface area contributed by atoms with Crippen LogP contribution in [0.15, 0.2) is 78.9 Å². The van der Waals surface area contributed by atoms with Crippen molar-refractivity contribution in [3.8, 4) is 5.75 Å². The molecule has 0 radical (unpaired) electrons. The van der Waals surface area contributed by atoms with Gasteiger partial charge in [0.2, 0.25) is 0 Å². The molecule has 3 aromatic rings. The zero-order chi connectivity index (χ0) is 21.6. The SMILES string of the molecule is CCC(C)N1C(=O)c2ccccc2NC1c1ccccc1OCCCc1ccccc1. The molecule has 1 aliphatic heterocycles. The molecule has 0 bridgehead atoms. The number of aryl methyl sites for hydroxylation is 1. The topological polar surface area (TPSA) is 41.6 Å². The predicted molar refractivity (Wildman–Crippen MR) is 125 cm³/mol. The van der Waals surface area contributed by atoms with Gasteiger partial charge < -0.3 is 15.0 Å². The van der Waals surface area contributed by atoms with Crippen LogP contribution in [0.3, 0.4) is 0 Å². The number of nitrogens with one attached hydrogen (secondary N) is 1. The standard InChI is InChI=1S/C27H30N2O2/c1-3-20(2)29-26(28-24-17-9-7-15-22(24)27(29)30)23-16-8-10-18-25(23)31-19-11-14-21-12-5-4-6-13-21/h4-10,12-13,15-18,20,26,28H,3,11,14,19H2,1-2H3. The van der Waals surface area contributed by atoms with Gasteiger partial charge in [-0.15, -0.1) is 0 Å². The monoisotopic (exact) mass is 414 g/mol. The maximum absolute atomic E-state index is 13.4. The van der Waals surface area contributed by atoms with E-state index in [9.17, 15) is 4.79 Å². The summed E-state index contributed by atoms with van der Waals surface area (Å²) in [6.45, 7) is 4.85. The number of amides is 1. The second-order valence-corrected chi connectivity index (χ2v) is 8.04. The highest BCUT2D eigenvalue weighted by molar-refractivity contribution is 6.02. The minimum atomic E-state index is -0.261. The quantitative estimate of drug-likeness (QED) is 0.455. The molecule has 3 aromatic carbocycles. The molecule has 0 aliphatic carbocycles. The molecule has 1 amide bonds. The van der Waals surface area contributed by atoms with Gasteiger partial charge in [-0.25, -0.2) is 0 Å². The molecular weight excluding hydrogens is 384 g/mol. The summed E-state index contributed by atoms with van der Waals surface area (Å²) in [6.07, 6.45) is 2.54. The molecule has 4 rings (SSSR count). The Balaban J connectivity index is 1.55. The molecule has 0 spiro atoms. The van der Waals surface area contributed by atoms with Crippen molar-refractivity contribution in [1.29, 1.82) is 0 Å². The lowest BCUT2D eigenvalue weighted by Gasteiger charge is -2.42. The van der Waals surface area contributed by atoms with E-state index in [0.717, 1.165) is 41.8 Å². The van der Waals surface area contributed by atoms with Crippen LogP contribution in [0.2, 0.25) is 0 Å². The number of para-hydroxylation sites is 2. The van der Waals surface area contributed by atoms with E-state index in [0.29, 0.717) is 6.61 Å². The molecule has 2 unspecified atom stereocenters. The average Bonchev–Trinajstić information content (AvgIpc) is 2.82. The highest BCUT2D eigenvalue weighted by Gasteiger charge is 2.36. The van der Waals surface area contributed by atoms with Crippen LogP contribution in [0.25, 0.3) is 0 Å². The van der Waals surface area contributed by atoms with Crippen molar-refractivity contribution in [2.75, 3.05) is 11.9 Å². The Labute approximate surface area is 184 Å². The summed E-state index contributed by atoms with van der Waals surface area (Å²) in [7, 11) is 0. The van der Waals surface area contributed by atoms with E-state index in [1.807, 2.05) is 53.4 Å². The van der Waals surface area contributed by atoms with E-state index in [1.165, 1.54) is 5.56 Å². The summed E-state index contributed by atoms with van der Waals surface area (Å²) >= 11 is 0. The lowest BCUT2D eigenvalue weighted by atomic mass is 10.00. The summed E-state index contributed by atoms with van der Waals surface area (Å²) in [5.74, 6) is 0.890. The Bertz CT molecular complexity index is 1020. The molecule has 1 N–H and O–H groups in total. The third-order valence-electron chi connectivity index (χ3n) is 5.95. The number of benzene rings is 3. The normalized spacial score (nSPS) is 16.4. The van der Waals surface area contributed by atoms with Crippen LogP contribution >= 0.6 is 0 Å². The van der Waals surface area contributed by atoms with Crippen molar-refractivity contribution in [1.82, 2.24) is 4.90 Å². The van der Waals surface area contributed by atoms with Gasteiger partial charge >= 0.3 is 0 Å². The number of anilines is 1. The fraction of sp³-hybridized carbons (Fsp3) is 0.296. The summed E-state index contributed by atoms with van der Waals surface area (Å²) in [5, 5.41) is 3.59. The fourth-order valence-corrected chi connectivity index (χ4v) is 4.09. The Morgan fingerprint density at radius 2 is 1.68 bits per heavy atom. The van der Waals surface area contributed by atoms with Gasteiger partial charge in [-0.3, -0.25) is 4.79 Å². The van der Waals surface area contributed by atoms with Gasteiger partial charge in [-0.2, -0.15) is 0 Å². The highest BCUT2D eigenvalue weighted by Crippen LogP contribution is 2.38. The van der Waals surface area contributed by atoms with Gasteiger partial charge in [0.05, 0.1) is 12.2 Å². The third kappa shape index (κ3) is 4.58. The summed E-state index contributed by atoms with van der Waals surface area (Å²) in [5.41, 5.74) is 3.90. The Morgan fingerprint density at radius 1 is 0.968 bits per heavy atom. The average molecular weight is 415 g/mol. The molecular formula is C27H30N2O2. The number of nitrogens with zero attached hydrogens (tertiary/aromatic N) is 1. The summed E-state index contributed by atoms with van der Waals surface area (Å²) < 4.78 is 6.22. The van der Waals surface area contributed by atoms with Crippen LogP contribution in [0.4, 0.5) is 5.69 Å². The lowest BCUT2D eigenvalue weighted by Crippen LogP contribution is -2.47. The first-order chi connectivity index (χ1) is 15.2. The largest absolute Gasteiger partial charge is 0.493 e. The summed E-state index contributed by atoms with van der Waals surface area (Å²) in [6, 6.07) is 26.4. The minimum Gasteiger partial charge on any atom is -0.493 e. The van der Waals surface area contributed by atoms with Crippen molar-refractivity contribution >= 4 is 11.6 Å². The maximum atomic E-state index is 13.4. The van der Waals surface area contributed by atoms with Crippen molar-refractivity contribution in [2.24, 2.45) is 0 Å². The van der Waals surface area contributed by atoms with Crippen molar-refractivity contribution in [3.63, 3.8) is 0 Å². The van der Waals surface area contributed by atoms with E-state index >= 15 is 0 Å². The number of ether oxygens (including phenoxy) is 1. The van der Waals surface area contributed by atoms with Gasteiger partial charge in [0, 0.05) is 17.3 Å². The number of rotatable bonds is 8. The van der Waals surface area contributed by atoms with Crippen LogP contribution in [-0.2, 0) is 6.42 Å². The van der Waals surface area contributed by atoms with Gasteiger partial charge in [0.1, 0.15) is 11.9 Å². The zero-order valence-electron chi connectivity index (χ0n) is 18.3. The molecule has 0 fully saturated rings. The van der Waals surface area contributed by atoms with Gasteiger partial charge in [0.15, 0.2) is 0 Å². The second kappa shape index (κ2) is 9.69. The molecule has 4 heteroatoms. The molecule has 31 heavy (non-hydrogen) atoms. The Kier molecular flexibility index (Phi) is 6.56. The first-order valence-electron chi connectivity index (χ1n) is 11.1. The lowest BCUT2D eigenvalue weighted by molar-refractivity contribution is 0.0590. The minimum absolute atomic E-state index is 0.0626. The summed E-state index contributed by atoms with van der Waals surface area (Å²) in [4.78, 5) is 15.3. The third-order valence-corrected chi connectivity index (χ3v) is 5.95. The van der Waals surface area contributed by atoms with Crippen molar-refractivity contribution in [2.45, 2.75) is 45.3 Å². The van der Waals surface area contributed by atoms with Crippen molar-refractivity contribution in [3.05, 3.63) is 95.6 Å². The molecule has 1 aliphatic rings. The Hall–Kier alpha value is -3.27. The van der Waals surface area contributed by atoms with Gasteiger partial charge in [0.25, 0.3) is 5.91 Å². The van der Waals surface area contributed by atoms with Crippen LogP contribution in [0, 0.1) is 0 Å². The van der Waals surface area contributed by atoms with Gasteiger partial charge in [-0.1, -0.05) is 67.6 Å². The Morgan fingerprint density at radius 3 is 2.48 bits per heavy atom. The molecule has 1 heterocycles. The number of hydrogen-bond donors (Lipinski definition) is 1. The van der Waals surface area contributed by atoms with E-state index in [1.54, 1.807) is 0 Å². The number of hydrogen-bond acceptors (Lipinski definition) is 3. The second-order valence-electron chi connectivity index (χ2n) is 8.04. The fourth-order valence-electron chi connectivity index (χ4n) is 4.09. The molecule has 2 atom stereocenters. The van der Waals surface area contributed by atoms with E-state index in [4.69, 9.17) is 4.74 Å². The van der Waals surface area contributed by atoms with Crippen LogP contribution < -0.4 is 10.1 Å². The van der Waals surface area contributed by atoms with Crippen LogP contribution in [-0.4, -0.2) is 23.5 Å². The van der Waals surface area contributed by atoms with Crippen LogP contribution in [0.5, 0.6) is 5.75 Å². The number of carbonyl (C=O) groups is 1. The predicted octanol–water partition coefficient (Wildman–Crippen LogP) is 6.06. The highest BCUT2D eigenvalue weighted by atomic mass is 16.5. The number of fused-ring (bicyclic) bond motifs is 1. The first-order valence-corrected chi connectivity index (χ1v) is 11.1. The van der Waals surface area contributed by atoms with Crippen molar-refractivity contribution < 1.29 is 9.53 Å².